The lowest BCUT2D eigenvalue weighted by atomic mass is 9.98. The van der Waals surface area contributed by atoms with Crippen molar-refractivity contribution in [1.29, 1.82) is 0 Å². The predicted molar refractivity (Wildman–Crippen MR) is 128 cm³/mol. The second-order valence-corrected chi connectivity index (χ2v) is 9.48. The third kappa shape index (κ3) is 7.46. The molecule has 0 amide bonds. The fraction of sp³-hybridized carbons (Fsp3) is 0.455. The molecular weight excluding hydrogens is 546 g/mol. The summed E-state index contributed by atoms with van der Waals surface area (Å²) < 4.78 is 37.0. The number of rotatable bonds is 11. The van der Waals surface area contributed by atoms with Crippen LogP contribution in [0.3, 0.4) is 0 Å². The molecule has 212 valence electrons. The Balaban J connectivity index is 1.53. The molecule has 0 saturated carbocycles. The number of hydrogen-bond donors (Lipinski definition) is 4. The molecule has 7 atom stereocenters. The number of carboxylic acid groups (broad SMARTS) is 1. The molecule has 4 N–H and O–H groups in total. The summed E-state index contributed by atoms with van der Waals surface area (Å²) in [5.41, 5.74) is -1.68. The van der Waals surface area contributed by atoms with Crippen LogP contribution in [0.25, 0.3) is 0 Å². The first-order chi connectivity index (χ1) is 18.3. The highest BCUT2D eigenvalue weighted by Gasteiger charge is 2.55. The van der Waals surface area contributed by atoms with Crippen molar-refractivity contribution < 1.29 is 47.8 Å². The Morgan fingerprint density at radius 1 is 1.28 bits per heavy atom. The van der Waals surface area contributed by atoms with E-state index in [1.165, 1.54) is 38.1 Å². The van der Waals surface area contributed by atoms with Crippen LogP contribution in [-0.2, 0) is 19.1 Å². The van der Waals surface area contributed by atoms with Gasteiger partial charge < -0.3 is 29.3 Å². The first kappa shape index (κ1) is 29.9. The van der Waals surface area contributed by atoms with Gasteiger partial charge in [-0.3, -0.25) is 23.7 Å². The van der Waals surface area contributed by atoms with Gasteiger partial charge in [-0.2, -0.15) is 5.43 Å². The van der Waals surface area contributed by atoms with E-state index in [-0.39, 0.29) is 18.1 Å². The Bertz CT molecular complexity index is 1330. The van der Waals surface area contributed by atoms with Crippen LogP contribution >= 0.6 is 8.17 Å². The number of alkyl halides is 1. The molecule has 17 heteroatoms. The summed E-state index contributed by atoms with van der Waals surface area (Å²) in [7, 11) is -2.67. The van der Waals surface area contributed by atoms with Crippen molar-refractivity contribution in [3.05, 3.63) is 57.4 Å². The second kappa shape index (κ2) is 12.4. The van der Waals surface area contributed by atoms with E-state index in [4.69, 9.17) is 19.1 Å². The number of nitrogens with one attached hydrogen (secondary N) is 2. The van der Waals surface area contributed by atoms with Gasteiger partial charge in [0, 0.05) is 17.1 Å². The van der Waals surface area contributed by atoms with Gasteiger partial charge in [-0.25, -0.2) is 14.0 Å². The van der Waals surface area contributed by atoms with Crippen molar-refractivity contribution in [2.45, 2.75) is 57.0 Å². The number of halogens is 1. The van der Waals surface area contributed by atoms with Crippen LogP contribution < -0.4 is 30.8 Å². The average Bonchev–Trinajstić information content (AvgIpc) is 3.10. The quantitative estimate of drug-likeness (QED) is 0.156. The minimum absolute atomic E-state index is 0.120. The molecule has 2 aromatic rings. The number of H-pyrrole nitrogens is 1. The number of nitrogens with zero attached hydrogens (tertiary/aromatic N) is 2. The molecule has 39 heavy (non-hydrogen) atoms. The van der Waals surface area contributed by atoms with Crippen molar-refractivity contribution in [2.75, 3.05) is 6.61 Å². The molecule has 1 unspecified atom stereocenters. The normalized spacial score (nSPS) is 24.6. The Kier molecular flexibility index (Phi) is 9.53. The summed E-state index contributed by atoms with van der Waals surface area (Å²) in [6.45, 7) is 3.27. The monoisotopic (exact) mass is 572 g/mol. The molecule has 0 bridgehead atoms. The fourth-order valence-corrected chi connectivity index (χ4v) is 3.97. The molecule has 0 aliphatic carbocycles. The number of aliphatic carboxylic acids is 1. The largest absolute Gasteiger partial charge is 0.574 e. The zero-order chi connectivity index (χ0) is 28.9. The number of ether oxygens (including phenoxy) is 3. The van der Waals surface area contributed by atoms with Gasteiger partial charge >= 0.3 is 25.8 Å². The number of carbonyl (C=O) groups is 2. The van der Waals surface area contributed by atoms with Gasteiger partial charge in [0.05, 0.1) is 0 Å². The first-order valence-electron chi connectivity index (χ1n) is 11.4. The summed E-state index contributed by atoms with van der Waals surface area (Å²) in [5, 5.41) is 19.2. The molecule has 1 fully saturated rings. The molecular formula is C22H26FN4O11P. The minimum atomic E-state index is -2.67. The number of aliphatic hydroxyl groups excluding tert-OH is 1. The van der Waals surface area contributed by atoms with Crippen LogP contribution in [0.2, 0.25) is 0 Å². The summed E-state index contributed by atoms with van der Waals surface area (Å²) in [6, 6.07) is 5.57. The lowest BCUT2D eigenvalue weighted by molar-refractivity contribution is -0.169. The Hall–Kier alpha value is -3.69. The number of esters is 1. The molecule has 1 saturated heterocycles. The van der Waals surface area contributed by atoms with E-state index in [9.17, 15) is 29.2 Å². The van der Waals surface area contributed by atoms with Gasteiger partial charge in [-0.15, -0.1) is 0 Å². The third-order valence-electron chi connectivity index (χ3n) is 5.57. The van der Waals surface area contributed by atoms with Crippen LogP contribution in [0.4, 0.5) is 4.39 Å². The zero-order valence-electron chi connectivity index (χ0n) is 20.8. The molecule has 3 rings (SSSR count). The van der Waals surface area contributed by atoms with E-state index in [1.807, 2.05) is 4.98 Å². The number of benzene rings is 1. The Morgan fingerprint density at radius 3 is 2.54 bits per heavy atom. The first-order valence-corrected chi connectivity index (χ1v) is 12.5. The van der Waals surface area contributed by atoms with Crippen LogP contribution in [0, 0.1) is 0 Å². The van der Waals surface area contributed by atoms with E-state index in [0.29, 0.717) is 0 Å². The van der Waals surface area contributed by atoms with E-state index in [0.717, 1.165) is 23.8 Å². The van der Waals surface area contributed by atoms with Gasteiger partial charge in [-0.05, 0) is 45.0 Å². The predicted octanol–water partition coefficient (Wildman–Crippen LogP) is -0.254. The van der Waals surface area contributed by atoms with Gasteiger partial charge in [-0.1, -0.05) is 0 Å². The van der Waals surface area contributed by atoms with E-state index in [2.05, 4.69) is 15.0 Å². The summed E-state index contributed by atoms with van der Waals surface area (Å²) >= 11 is 0. The Morgan fingerprint density at radius 2 is 1.92 bits per heavy atom. The van der Waals surface area contributed by atoms with Crippen LogP contribution in [0.1, 0.15) is 27.0 Å². The minimum Gasteiger partial charge on any atom is -0.574 e. The maximum Gasteiger partial charge on any atom is 0.412 e. The molecule has 1 aliphatic rings. The SMILES string of the molecule is C[C@H](N/N=[P+](\[O-])Oc1ccc(OC[C@H]2O[C@@H](n3ccc(=O)[nH]c3=O)[C@](C)(F)[C@@H]2O)cc1)C(=O)O[C@@H](C)C(=O)O. The van der Waals surface area contributed by atoms with E-state index < -0.39 is 67.6 Å². The van der Waals surface area contributed by atoms with E-state index in [1.54, 1.807) is 0 Å². The summed E-state index contributed by atoms with van der Waals surface area (Å²) in [4.78, 5) is 63.4. The number of carbonyl (C=O) groups excluding carboxylic acids is 1. The summed E-state index contributed by atoms with van der Waals surface area (Å²) in [5.74, 6) is -1.86. The number of aromatic amines is 1. The lowest BCUT2D eigenvalue weighted by Gasteiger charge is -2.24. The van der Waals surface area contributed by atoms with E-state index >= 15 is 4.39 Å². The Labute approximate surface area is 220 Å². The topological polar surface area (TPSA) is 214 Å². The van der Waals surface area contributed by atoms with Gasteiger partial charge in [0.2, 0.25) is 0 Å². The highest BCUT2D eigenvalue weighted by Crippen LogP contribution is 2.40. The van der Waals surface area contributed by atoms with Crippen LogP contribution in [-0.4, -0.2) is 68.3 Å². The lowest BCUT2D eigenvalue weighted by Crippen LogP contribution is -2.43. The van der Waals surface area contributed by atoms with Crippen molar-refractivity contribution >= 4 is 20.1 Å². The van der Waals surface area contributed by atoms with Crippen molar-refractivity contribution in [2.24, 2.45) is 4.85 Å². The number of aliphatic hydroxyl groups is 1. The average molecular weight is 572 g/mol. The van der Waals surface area contributed by atoms with Gasteiger partial charge in [0.15, 0.2) is 23.8 Å². The molecule has 0 spiro atoms. The molecule has 1 aromatic heterocycles. The van der Waals surface area contributed by atoms with Gasteiger partial charge in [0.25, 0.3) is 5.56 Å². The molecule has 2 heterocycles. The maximum atomic E-state index is 15.2. The standard InChI is InChI=1S/C22H26FN4O11P/c1-11(19(32)36-12(2)18(30)31)25-26-39(34)38-14-6-4-13(5-7-14)35-10-15-17(29)22(3,23)20(37-15)27-9-8-16(28)24-21(27)33/h4-9,11-12,15,17,20,25,29H,10H2,1-3H3,(H,30,31)(H,24,28,33)/t11-,12-,15+,17+,20+,22+/m0/s1. The highest BCUT2D eigenvalue weighted by molar-refractivity contribution is 7.33. The van der Waals surface area contributed by atoms with Crippen molar-refractivity contribution in [3.63, 3.8) is 0 Å². The fourth-order valence-electron chi connectivity index (χ4n) is 3.36. The molecule has 15 nitrogen and oxygen atoms in total. The maximum absolute atomic E-state index is 15.2. The van der Waals surface area contributed by atoms with Gasteiger partial charge in [0.1, 0.15) is 30.6 Å². The zero-order valence-corrected chi connectivity index (χ0v) is 21.7. The smallest absolute Gasteiger partial charge is 0.412 e. The summed E-state index contributed by atoms with van der Waals surface area (Å²) in [6.07, 6.45) is -4.63. The molecule has 1 aromatic carbocycles. The number of hydrogen-bond acceptors (Lipinski definition) is 11. The second-order valence-electron chi connectivity index (χ2n) is 8.62. The third-order valence-corrected chi connectivity index (χ3v) is 6.22. The highest BCUT2D eigenvalue weighted by atomic mass is 31.1. The van der Waals surface area contributed by atoms with Crippen LogP contribution in [0.15, 0.2) is 51.0 Å². The molecule has 0 radical (unpaired) electrons. The van der Waals surface area contributed by atoms with Crippen molar-refractivity contribution in [3.8, 4) is 11.5 Å². The number of carboxylic acids is 1. The van der Waals surface area contributed by atoms with Crippen LogP contribution in [0.5, 0.6) is 11.5 Å². The number of aromatic nitrogens is 2. The van der Waals surface area contributed by atoms with Crippen molar-refractivity contribution in [1.82, 2.24) is 15.0 Å². The molecule has 1 aliphatic heterocycles.